The molecule has 4 nitrogen and oxygen atoms in total. The summed E-state index contributed by atoms with van der Waals surface area (Å²) in [4.78, 5) is 14.1. The van der Waals surface area contributed by atoms with Crippen LogP contribution in [0, 0.1) is 0 Å². The lowest BCUT2D eigenvalue weighted by Crippen LogP contribution is -2.24. The normalized spacial score (nSPS) is 11.2. The van der Waals surface area contributed by atoms with Crippen LogP contribution < -0.4 is 9.47 Å². The molecule has 2 aromatic rings. The lowest BCUT2D eigenvalue weighted by Gasteiger charge is -2.15. The van der Waals surface area contributed by atoms with Gasteiger partial charge in [0.05, 0.1) is 14.2 Å². The highest BCUT2D eigenvalue weighted by atomic mass is 35.5. The summed E-state index contributed by atoms with van der Waals surface area (Å²) in [6.07, 6.45) is 1.63. The van der Waals surface area contributed by atoms with Gasteiger partial charge in [0.1, 0.15) is 0 Å². The van der Waals surface area contributed by atoms with Gasteiger partial charge in [0.2, 0.25) is 5.91 Å². The molecule has 0 N–H and O–H groups in total. The van der Waals surface area contributed by atoms with E-state index in [1.807, 2.05) is 37.3 Å². The topological polar surface area (TPSA) is 38.8 Å². The van der Waals surface area contributed by atoms with Crippen molar-refractivity contribution in [1.29, 1.82) is 0 Å². The average molecular weight is 360 g/mol. The van der Waals surface area contributed by atoms with Crippen LogP contribution >= 0.6 is 11.6 Å². The van der Waals surface area contributed by atoms with Crippen LogP contribution in [0.3, 0.4) is 0 Å². The third kappa shape index (κ3) is 4.54. The van der Waals surface area contributed by atoms with Crippen molar-refractivity contribution in [3.05, 3.63) is 64.7 Å². The first kappa shape index (κ1) is 18.9. The van der Waals surface area contributed by atoms with E-state index in [1.54, 1.807) is 44.4 Å². The molecule has 0 atom stereocenters. The molecule has 0 saturated carbocycles. The molecule has 0 aliphatic heterocycles. The van der Waals surface area contributed by atoms with Crippen LogP contribution in [0.15, 0.2) is 48.5 Å². The molecule has 1 amide bonds. The van der Waals surface area contributed by atoms with Gasteiger partial charge >= 0.3 is 0 Å². The Morgan fingerprint density at radius 1 is 1.04 bits per heavy atom. The van der Waals surface area contributed by atoms with Gasteiger partial charge in [-0.3, -0.25) is 4.79 Å². The van der Waals surface area contributed by atoms with Crippen molar-refractivity contribution in [3.63, 3.8) is 0 Å². The SMILES string of the molecule is CCN(C)C(=O)/C=C(/c1ccc(Cl)cc1)c1ccc(OC)c(OC)c1. The number of hydrogen-bond donors (Lipinski definition) is 0. The van der Waals surface area contributed by atoms with Gasteiger partial charge in [-0.25, -0.2) is 0 Å². The maximum absolute atomic E-state index is 12.4. The molecule has 0 aliphatic rings. The quantitative estimate of drug-likeness (QED) is 0.723. The molecule has 0 aromatic heterocycles. The fourth-order valence-electron chi connectivity index (χ4n) is 2.36. The molecule has 0 unspecified atom stereocenters. The van der Waals surface area contributed by atoms with E-state index in [1.165, 1.54) is 0 Å². The molecule has 5 heteroatoms. The monoisotopic (exact) mass is 359 g/mol. The lowest BCUT2D eigenvalue weighted by atomic mass is 9.97. The van der Waals surface area contributed by atoms with Crippen LogP contribution in [-0.2, 0) is 4.79 Å². The highest BCUT2D eigenvalue weighted by Crippen LogP contribution is 2.33. The van der Waals surface area contributed by atoms with Crippen LogP contribution in [-0.4, -0.2) is 38.6 Å². The molecular weight excluding hydrogens is 338 g/mol. The van der Waals surface area contributed by atoms with E-state index in [4.69, 9.17) is 21.1 Å². The number of amides is 1. The molecule has 0 fully saturated rings. The zero-order chi connectivity index (χ0) is 18.4. The fourth-order valence-corrected chi connectivity index (χ4v) is 2.48. The second-order valence-electron chi connectivity index (χ2n) is 5.49. The first-order chi connectivity index (χ1) is 12.0. The van der Waals surface area contributed by atoms with Crippen LogP contribution in [0.2, 0.25) is 5.02 Å². The lowest BCUT2D eigenvalue weighted by molar-refractivity contribution is -0.124. The summed E-state index contributed by atoms with van der Waals surface area (Å²) >= 11 is 6.00. The molecule has 132 valence electrons. The summed E-state index contributed by atoms with van der Waals surface area (Å²) in [6.45, 7) is 2.57. The maximum Gasteiger partial charge on any atom is 0.246 e. The second kappa shape index (κ2) is 8.58. The van der Waals surface area contributed by atoms with Gasteiger partial charge in [-0.05, 0) is 47.9 Å². The van der Waals surface area contributed by atoms with E-state index in [2.05, 4.69) is 0 Å². The number of carbonyl (C=O) groups excluding carboxylic acids is 1. The average Bonchev–Trinajstić information content (AvgIpc) is 2.65. The molecule has 0 heterocycles. The molecule has 0 spiro atoms. The largest absolute Gasteiger partial charge is 0.493 e. The van der Waals surface area contributed by atoms with Crippen molar-refractivity contribution in [3.8, 4) is 11.5 Å². The van der Waals surface area contributed by atoms with Gasteiger partial charge in [-0.2, -0.15) is 0 Å². The number of halogens is 1. The zero-order valence-corrected chi connectivity index (χ0v) is 15.6. The number of rotatable bonds is 6. The Hall–Kier alpha value is -2.46. The van der Waals surface area contributed by atoms with E-state index in [9.17, 15) is 4.79 Å². The summed E-state index contributed by atoms with van der Waals surface area (Å²) in [7, 11) is 4.95. The number of hydrogen-bond acceptors (Lipinski definition) is 3. The van der Waals surface area contributed by atoms with Crippen molar-refractivity contribution >= 4 is 23.1 Å². The number of likely N-dealkylation sites (N-methyl/N-ethyl adjacent to an activating group) is 1. The number of ether oxygens (including phenoxy) is 2. The van der Waals surface area contributed by atoms with Crippen molar-refractivity contribution in [2.24, 2.45) is 0 Å². The Morgan fingerprint density at radius 3 is 2.20 bits per heavy atom. The van der Waals surface area contributed by atoms with E-state index >= 15 is 0 Å². The molecule has 0 bridgehead atoms. The van der Waals surface area contributed by atoms with E-state index in [0.717, 1.165) is 16.7 Å². The molecule has 2 rings (SSSR count). The number of nitrogens with zero attached hydrogens (tertiary/aromatic N) is 1. The van der Waals surface area contributed by atoms with E-state index in [0.29, 0.717) is 23.1 Å². The van der Waals surface area contributed by atoms with Gasteiger partial charge in [-0.15, -0.1) is 0 Å². The Labute approximate surface area is 153 Å². The Balaban J connectivity index is 2.57. The smallest absolute Gasteiger partial charge is 0.246 e. The van der Waals surface area contributed by atoms with E-state index in [-0.39, 0.29) is 5.91 Å². The first-order valence-corrected chi connectivity index (χ1v) is 8.33. The summed E-state index contributed by atoms with van der Waals surface area (Å²) in [5, 5.41) is 0.646. The van der Waals surface area contributed by atoms with Crippen molar-refractivity contribution < 1.29 is 14.3 Å². The Bertz CT molecular complexity index is 769. The minimum atomic E-state index is -0.0674. The zero-order valence-electron chi connectivity index (χ0n) is 14.9. The molecule has 0 radical (unpaired) electrons. The standard InChI is InChI=1S/C20H22ClNO3/c1-5-22(2)20(23)13-17(14-6-9-16(21)10-7-14)15-8-11-18(24-3)19(12-15)25-4/h6-13H,5H2,1-4H3/b17-13-. The number of carbonyl (C=O) groups is 1. The summed E-state index contributed by atoms with van der Waals surface area (Å²) in [6, 6.07) is 13.0. The van der Waals surface area contributed by atoms with Crippen LogP contribution in [0.4, 0.5) is 0 Å². The first-order valence-electron chi connectivity index (χ1n) is 7.95. The van der Waals surface area contributed by atoms with Crippen LogP contribution in [0.25, 0.3) is 5.57 Å². The second-order valence-corrected chi connectivity index (χ2v) is 5.92. The van der Waals surface area contributed by atoms with Crippen molar-refractivity contribution in [2.75, 3.05) is 27.8 Å². The van der Waals surface area contributed by atoms with Crippen LogP contribution in [0.5, 0.6) is 11.5 Å². The van der Waals surface area contributed by atoms with Gasteiger partial charge < -0.3 is 14.4 Å². The number of methoxy groups -OCH3 is 2. The summed E-state index contributed by atoms with van der Waals surface area (Å²) in [5.74, 6) is 1.18. The molecular formula is C20H22ClNO3. The molecule has 0 saturated heterocycles. The van der Waals surface area contributed by atoms with Crippen molar-refractivity contribution in [2.45, 2.75) is 6.92 Å². The fraction of sp³-hybridized carbons (Fsp3) is 0.250. The Kier molecular flexibility index (Phi) is 6.48. The highest BCUT2D eigenvalue weighted by molar-refractivity contribution is 6.30. The minimum Gasteiger partial charge on any atom is -0.493 e. The maximum atomic E-state index is 12.4. The van der Waals surface area contributed by atoms with Gasteiger partial charge in [0.25, 0.3) is 0 Å². The van der Waals surface area contributed by atoms with Crippen LogP contribution in [0.1, 0.15) is 18.1 Å². The van der Waals surface area contributed by atoms with E-state index < -0.39 is 0 Å². The van der Waals surface area contributed by atoms with Crippen molar-refractivity contribution in [1.82, 2.24) is 4.90 Å². The highest BCUT2D eigenvalue weighted by Gasteiger charge is 2.13. The molecule has 0 aliphatic carbocycles. The Morgan fingerprint density at radius 2 is 1.64 bits per heavy atom. The molecule has 25 heavy (non-hydrogen) atoms. The summed E-state index contributed by atoms with van der Waals surface area (Å²) < 4.78 is 10.7. The third-order valence-corrected chi connectivity index (χ3v) is 4.22. The minimum absolute atomic E-state index is 0.0674. The third-order valence-electron chi connectivity index (χ3n) is 3.97. The van der Waals surface area contributed by atoms with Gasteiger partial charge in [0, 0.05) is 24.7 Å². The number of benzene rings is 2. The molecule has 2 aromatic carbocycles. The predicted octanol–water partition coefficient (Wildman–Crippen LogP) is 4.27. The predicted molar refractivity (Wildman–Crippen MR) is 101 cm³/mol. The van der Waals surface area contributed by atoms with Gasteiger partial charge in [-0.1, -0.05) is 29.8 Å². The van der Waals surface area contributed by atoms with Gasteiger partial charge in [0.15, 0.2) is 11.5 Å². The summed E-state index contributed by atoms with van der Waals surface area (Å²) in [5.41, 5.74) is 2.55.